The fourth-order valence-electron chi connectivity index (χ4n) is 5.00. The molecule has 0 spiro atoms. The highest BCUT2D eigenvalue weighted by molar-refractivity contribution is 7.90. The third-order valence-electron chi connectivity index (χ3n) is 7.16. The Morgan fingerprint density at radius 1 is 0.892 bits per heavy atom. The Balaban J connectivity index is 1.05. The second-order valence-corrected chi connectivity index (χ2v) is 11.6. The number of hydrogen-bond donors (Lipinski definition) is 2. The van der Waals surface area contributed by atoms with Crippen molar-refractivity contribution in [3.05, 3.63) is 108 Å². The van der Waals surface area contributed by atoms with Crippen molar-refractivity contribution in [2.75, 3.05) is 13.1 Å². The van der Waals surface area contributed by atoms with Gasteiger partial charge in [0, 0.05) is 30.6 Å². The van der Waals surface area contributed by atoms with Crippen molar-refractivity contribution in [1.82, 2.24) is 14.9 Å². The van der Waals surface area contributed by atoms with Gasteiger partial charge in [-0.25, -0.2) is 13.1 Å². The smallest absolute Gasteiger partial charge is 0.264 e. The molecular weight excluding hydrogens is 482 g/mol. The minimum absolute atomic E-state index is 0.0600. The third kappa shape index (κ3) is 6.95. The second kappa shape index (κ2) is 11.4. The molecule has 2 atom stereocenters. The zero-order valence-corrected chi connectivity index (χ0v) is 21.6. The number of carbonyl (C=O) groups is 1. The molecule has 6 nitrogen and oxygen atoms in total. The zero-order valence-electron chi connectivity index (χ0n) is 20.8. The number of amides is 1. The summed E-state index contributed by atoms with van der Waals surface area (Å²) in [4.78, 5) is 14.7. The van der Waals surface area contributed by atoms with Crippen LogP contribution in [0.3, 0.4) is 0 Å². The summed E-state index contributed by atoms with van der Waals surface area (Å²) in [6.45, 7) is 3.07. The monoisotopic (exact) mass is 515 g/mol. The average molecular weight is 516 g/mol. The minimum atomic E-state index is -3.87. The van der Waals surface area contributed by atoms with Gasteiger partial charge in [0.2, 0.25) is 0 Å². The molecule has 5 rings (SSSR count). The van der Waals surface area contributed by atoms with E-state index >= 15 is 0 Å². The van der Waals surface area contributed by atoms with Crippen LogP contribution in [-0.2, 0) is 21.4 Å². The van der Waals surface area contributed by atoms with Gasteiger partial charge >= 0.3 is 0 Å². The van der Waals surface area contributed by atoms with E-state index in [0.29, 0.717) is 18.0 Å². The van der Waals surface area contributed by atoms with E-state index in [9.17, 15) is 13.2 Å². The fourth-order valence-corrected chi connectivity index (χ4v) is 5.96. The summed E-state index contributed by atoms with van der Waals surface area (Å²) >= 11 is 0. The van der Waals surface area contributed by atoms with Crippen molar-refractivity contribution < 1.29 is 13.2 Å². The number of piperidine rings is 1. The molecule has 37 heavy (non-hydrogen) atoms. The quantitative estimate of drug-likeness (QED) is 0.415. The molecule has 1 saturated carbocycles. The van der Waals surface area contributed by atoms with Crippen LogP contribution in [0.25, 0.3) is 6.08 Å². The first kappa shape index (κ1) is 25.4. The molecule has 2 unspecified atom stereocenters. The van der Waals surface area contributed by atoms with E-state index in [2.05, 4.69) is 57.4 Å². The van der Waals surface area contributed by atoms with Crippen molar-refractivity contribution in [3.8, 4) is 0 Å². The number of nitrogens with one attached hydrogen (secondary N) is 2. The molecule has 2 aliphatic rings. The summed E-state index contributed by atoms with van der Waals surface area (Å²) in [6, 6.07) is 27.9. The maximum atomic E-state index is 12.3. The first-order chi connectivity index (χ1) is 18.0. The normalized spacial score (nSPS) is 20.6. The topological polar surface area (TPSA) is 78.5 Å². The molecule has 1 amide bonds. The van der Waals surface area contributed by atoms with Crippen molar-refractivity contribution in [1.29, 1.82) is 0 Å². The molecule has 0 radical (unpaired) electrons. The number of sulfonamides is 1. The lowest BCUT2D eigenvalue weighted by Gasteiger charge is -2.32. The van der Waals surface area contributed by atoms with Gasteiger partial charge < -0.3 is 5.32 Å². The number of benzene rings is 3. The third-order valence-corrected chi connectivity index (χ3v) is 8.52. The zero-order chi connectivity index (χ0) is 25.7. The van der Waals surface area contributed by atoms with Crippen LogP contribution in [-0.4, -0.2) is 44.4 Å². The summed E-state index contributed by atoms with van der Waals surface area (Å²) in [5.41, 5.74) is 3.52. The lowest BCUT2D eigenvalue weighted by Crippen LogP contribution is -2.43. The maximum Gasteiger partial charge on any atom is 0.264 e. The molecule has 192 valence electrons. The Kier molecular flexibility index (Phi) is 7.84. The highest BCUT2D eigenvalue weighted by atomic mass is 32.2. The standard InChI is InChI=1S/C30H33N3O3S/c34-30(32-37(35,36)27-9-5-2-6-10-27)16-15-23-11-13-24(14-12-23)22-33-19-17-26(18-20-33)31-29-21-28(29)25-7-3-1-4-8-25/h1-16,26,28-29,31H,17-22H2,(H,32,34). The number of rotatable bonds is 9. The largest absolute Gasteiger partial charge is 0.311 e. The lowest BCUT2D eigenvalue weighted by atomic mass is 10.0. The van der Waals surface area contributed by atoms with Crippen molar-refractivity contribution in [2.24, 2.45) is 0 Å². The molecule has 1 aliphatic heterocycles. The molecular formula is C30H33N3O3S. The minimum Gasteiger partial charge on any atom is -0.311 e. The van der Waals surface area contributed by atoms with Crippen molar-refractivity contribution in [2.45, 2.75) is 48.7 Å². The molecule has 0 aromatic heterocycles. The van der Waals surface area contributed by atoms with Crippen molar-refractivity contribution in [3.63, 3.8) is 0 Å². The van der Waals surface area contributed by atoms with Crippen molar-refractivity contribution >= 4 is 22.0 Å². The summed E-state index contributed by atoms with van der Waals surface area (Å²) in [6.07, 6.45) is 6.45. The van der Waals surface area contributed by atoms with E-state index in [0.717, 1.165) is 25.2 Å². The maximum absolute atomic E-state index is 12.3. The predicted molar refractivity (Wildman–Crippen MR) is 146 cm³/mol. The Morgan fingerprint density at radius 3 is 2.22 bits per heavy atom. The van der Waals surface area contributed by atoms with E-state index in [1.165, 1.54) is 48.6 Å². The summed E-state index contributed by atoms with van der Waals surface area (Å²) in [7, 11) is -3.87. The summed E-state index contributed by atoms with van der Waals surface area (Å²) in [5, 5.41) is 3.88. The van der Waals surface area contributed by atoms with Gasteiger partial charge in [-0.15, -0.1) is 0 Å². The van der Waals surface area contributed by atoms with Crippen LogP contribution in [0.15, 0.2) is 95.9 Å². The van der Waals surface area contributed by atoms with E-state index in [4.69, 9.17) is 0 Å². The van der Waals surface area contributed by atoms with Crippen LogP contribution < -0.4 is 10.0 Å². The Bertz CT molecular complexity index is 1320. The molecule has 2 fully saturated rings. The lowest BCUT2D eigenvalue weighted by molar-refractivity contribution is -0.114. The molecule has 0 bridgehead atoms. The van der Waals surface area contributed by atoms with Crippen LogP contribution in [0.2, 0.25) is 0 Å². The van der Waals surface area contributed by atoms with Gasteiger partial charge in [-0.3, -0.25) is 9.69 Å². The molecule has 3 aromatic carbocycles. The molecule has 2 N–H and O–H groups in total. The molecule has 3 aromatic rings. The molecule has 7 heteroatoms. The summed E-state index contributed by atoms with van der Waals surface area (Å²) < 4.78 is 26.6. The van der Waals surface area contributed by atoms with Gasteiger partial charge in [-0.2, -0.15) is 0 Å². The van der Waals surface area contributed by atoms with Gasteiger partial charge in [0.15, 0.2) is 0 Å². The first-order valence-corrected chi connectivity index (χ1v) is 14.4. The molecule has 1 aliphatic carbocycles. The Hall–Kier alpha value is -3.26. The van der Waals surface area contributed by atoms with Gasteiger partial charge in [0.25, 0.3) is 15.9 Å². The average Bonchev–Trinajstić information content (AvgIpc) is 3.69. The fraction of sp³-hybridized carbons (Fsp3) is 0.300. The number of carbonyl (C=O) groups excluding carboxylic acids is 1. The second-order valence-electron chi connectivity index (χ2n) is 9.93. The van der Waals surface area contributed by atoms with Crippen LogP contribution in [0.5, 0.6) is 0 Å². The predicted octanol–water partition coefficient (Wildman–Crippen LogP) is 4.32. The van der Waals surface area contributed by atoms with Gasteiger partial charge in [0.1, 0.15) is 0 Å². The molecule has 1 saturated heterocycles. The van der Waals surface area contributed by atoms with E-state index in [1.807, 2.05) is 12.1 Å². The van der Waals surface area contributed by atoms with Crippen LogP contribution in [0.1, 0.15) is 41.9 Å². The van der Waals surface area contributed by atoms with Gasteiger partial charge in [-0.1, -0.05) is 72.8 Å². The van der Waals surface area contributed by atoms with Gasteiger partial charge in [0.05, 0.1) is 4.90 Å². The highest BCUT2D eigenvalue weighted by Crippen LogP contribution is 2.41. The van der Waals surface area contributed by atoms with E-state index < -0.39 is 15.9 Å². The Morgan fingerprint density at radius 2 is 1.54 bits per heavy atom. The first-order valence-electron chi connectivity index (χ1n) is 12.9. The SMILES string of the molecule is O=C(C=Cc1ccc(CN2CCC(NC3CC3c3ccccc3)CC2)cc1)NS(=O)(=O)c1ccccc1. The van der Waals surface area contributed by atoms with Gasteiger partial charge in [-0.05, 0) is 67.3 Å². The van der Waals surface area contributed by atoms with Crippen LogP contribution in [0.4, 0.5) is 0 Å². The number of likely N-dealkylation sites (tertiary alicyclic amines) is 1. The van der Waals surface area contributed by atoms with Crippen LogP contribution in [0, 0.1) is 0 Å². The summed E-state index contributed by atoms with van der Waals surface area (Å²) in [5.74, 6) is -0.00294. The molecule has 1 heterocycles. The number of nitrogens with zero attached hydrogens (tertiary/aromatic N) is 1. The highest BCUT2D eigenvalue weighted by Gasteiger charge is 2.39. The van der Waals surface area contributed by atoms with E-state index in [-0.39, 0.29) is 4.90 Å². The number of hydrogen-bond acceptors (Lipinski definition) is 5. The Labute approximate surface area is 219 Å². The van der Waals surface area contributed by atoms with E-state index in [1.54, 1.807) is 24.3 Å². The van der Waals surface area contributed by atoms with Crippen LogP contribution >= 0.6 is 0 Å².